The molecule has 1 aliphatic rings. The summed E-state index contributed by atoms with van der Waals surface area (Å²) in [4.78, 5) is 15.4. The Bertz CT molecular complexity index is 361. The zero-order valence-corrected chi connectivity index (χ0v) is 8.64. The quantitative estimate of drug-likeness (QED) is 0.747. The van der Waals surface area contributed by atoms with E-state index in [2.05, 4.69) is 9.72 Å². The molecular formula is C11H14N2O2. The van der Waals surface area contributed by atoms with E-state index in [4.69, 9.17) is 5.73 Å². The summed E-state index contributed by atoms with van der Waals surface area (Å²) in [6.07, 6.45) is 2.67. The van der Waals surface area contributed by atoms with Gasteiger partial charge in [-0.2, -0.15) is 0 Å². The minimum atomic E-state index is -0.347. The molecule has 0 saturated heterocycles. The van der Waals surface area contributed by atoms with Crippen LogP contribution in [0.4, 0.5) is 0 Å². The fourth-order valence-corrected chi connectivity index (χ4v) is 1.73. The van der Waals surface area contributed by atoms with E-state index in [0.29, 0.717) is 23.9 Å². The summed E-state index contributed by atoms with van der Waals surface area (Å²) in [6.45, 7) is 0.713. The van der Waals surface area contributed by atoms with Crippen LogP contribution in [-0.2, 0) is 4.74 Å². The van der Waals surface area contributed by atoms with Crippen molar-refractivity contribution in [3.8, 4) is 0 Å². The topological polar surface area (TPSA) is 65.2 Å². The van der Waals surface area contributed by atoms with Crippen LogP contribution in [0.5, 0.6) is 0 Å². The maximum atomic E-state index is 11.1. The van der Waals surface area contributed by atoms with Gasteiger partial charge < -0.3 is 10.5 Å². The van der Waals surface area contributed by atoms with Gasteiger partial charge in [0.1, 0.15) is 0 Å². The van der Waals surface area contributed by atoms with Crippen molar-refractivity contribution in [2.45, 2.75) is 12.3 Å². The van der Waals surface area contributed by atoms with Gasteiger partial charge in [0.2, 0.25) is 0 Å². The summed E-state index contributed by atoms with van der Waals surface area (Å²) in [5.41, 5.74) is 7.08. The highest BCUT2D eigenvalue weighted by Gasteiger charge is 2.37. The molecule has 2 atom stereocenters. The molecule has 1 aromatic rings. The normalized spacial score (nSPS) is 23.6. The Labute approximate surface area is 88.4 Å². The third-order valence-corrected chi connectivity index (χ3v) is 2.81. The smallest absolute Gasteiger partial charge is 0.339 e. The molecule has 0 amide bonds. The first-order valence-corrected chi connectivity index (χ1v) is 5.00. The van der Waals surface area contributed by atoms with Crippen LogP contribution in [0.2, 0.25) is 0 Å². The number of hydrogen-bond acceptors (Lipinski definition) is 4. The highest BCUT2D eigenvalue weighted by atomic mass is 16.5. The number of nitrogens with zero attached hydrogens (tertiary/aromatic N) is 1. The van der Waals surface area contributed by atoms with Crippen molar-refractivity contribution in [3.63, 3.8) is 0 Å². The first-order valence-electron chi connectivity index (χ1n) is 5.00. The van der Waals surface area contributed by atoms with Crippen molar-refractivity contribution < 1.29 is 9.53 Å². The summed E-state index contributed by atoms with van der Waals surface area (Å²) >= 11 is 0. The van der Waals surface area contributed by atoms with Crippen molar-refractivity contribution >= 4 is 5.97 Å². The average molecular weight is 206 g/mol. The van der Waals surface area contributed by atoms with E-state index in [1.54, 1.807) is 12.3 Å². The van der Waals surface area contributed by atoms with Gasteiger partial charge in [0.25, 0.3) is 0 Å². The van der Waals surface area contributed by atoms with E-state index in [-0.39, 0.29) is 5.97 Å². The van der Waals surface area contributed by atoms with E-state index in [9.17, 15) is 4.79 Å². The van der Waals surface area contributed by atoms with Crippen molar-refractivity contribution in [1.82, 2.24) is 4.98 Å². The molecule has 2 N–H and O–H groups in total. The van der Waals surface area contributed by atoms with E-state index in [1.165, 1.54) is 7.11 Å². The standard InChI is InChI=1S/C11H14N2O2/c1-15-11(14)7-2-3-10(13-6-7)9-4-8(9)5-12/h2-3,6,8-9H,4-5,12H2,1H3/t8-,9+/m0/s1. The largest absolute Gasteiger partial charge is 0.465 e. The minimum Gasteiger partial charge on any atom is -0.465 e. The number of ether oxygens (including phenoxy) is 1. The first-order chi connectivity index (χ1) is 7.26. The molecule has 0 bridgehead atoms. The molecule has 1 aromatic heterocycles. The zero-order valence-electron chi connectivity index (χ0n) is 8.64. The summed E-state index contributed by atoms with van der Waals surface area (Å²) in [5, 5.41) is 0. The molecule has 15 heavy (non-hydrogen) atoms. The minimum absolute atomic E-state index is 0.347. The second kappa shape index (κ2) is 3.98. The third-order valence-electron chi connectivity index (χ3n) is 2.81. The van der Waals surface area contributed by atoms with Crippen LogP contribution in [0.1, 0.15) is 28.4 Å². The highest BCUT2D eigenvalue weighted by Crippen LogP contribution is 2.45. The predicted octanol–water partition coefficient (Wildman–Crippen LogP) is 0.930. The monoisotopic (exact) mass is 206 g/mol. The zero-order chi connectivity index (χ0) is 10.8. The predicted molar refractivity (Wildman–Crippen MR) is 55.5 cm³/mol. The molecule has 0 aliphatic heterocycles. The van der Waals surface area contributed by atoms with Crippen LogP contribution in [0.3, 0.4) is 0 Å². The maximum absolute atomic E-state index is 11.1. The number of aromatic nitrogens is 1. The molecule has 80 valence electrons. The number of nitrogens with two attached hydrogens (primary N) is 1. The Kier molecular flexibility index (Phi) is 2.68. The number of carbonyl (C=O) groups excluding carboxylic acids is 1. The van der Waals surface area contributed by atoms with Crippen LogP contribution in [0.15, 0.2) is 18.3 Å². The van der Waals surface area contributed by atoms with E-state index >= 15 is 0 Å². The molecular weight excluding hydrogens is 192 g/mol. The van der Waals surface area contributed by atoms with Crippen molar-refractivity contribution in [3.05, 3.63) is 29.6 Å². The lowest BCUT2D eigenvalue weighted by atomic mass is 10.2. The lowest BCUT2D eigenvalue weighted by Gasteiger charge is -2.01. The number of carbonyl (C=O) groups is 1. The SMILES string of the molecule is COC(=O)c1ccc([C@@H]2C[C@H]2CN)nc1. The number of rotatable bonds is 3. The van der Waals surface area contributed by atoms with Crippen molar-refractivity contribution in [1.29, 1.82) is 0 Å². The van der Waals surface area contributed by atoms with Crippen LogP contribution < -0.4 is 5.73 Å². The average Bonchev–Trinajstić information content (AvgIpc) is 3.07. The van der Waals surface area contributed by atoms with Crippen molar-refractivity contribution in [2.75, 3.05) is 13.7 Å². The van der Waals surface area contributed by atoms with Gasteiger partial charge in [-0.15, -0.1) is 0 Å². The fourth-order valence-electron chi connectivity index (χ4n) is 1.73. The van der Waals surface area contributed by atoms with Gasteiger partial charge >= 0.3 is 5.97 Å². The van der Waals surface area contributed by atoms with Gasteiger partial charge in [0.05, 0.1) is 12.7 Å². The highest BCUT2D eigenvalue weighted by molar-refractivity contribution is 5.88. The summed E-state index contributed by atoms with van der Waals surface area (Å²) in [5.74, 6) is 0.711. The lowest BCUT2D eigenvalue weighted by molar-refractivity contribution is 0.0600. The molecule has 0 unspecified atom stereocenters. The van der Waals surface area contributed by atoms with Gasteiger partial charge in [0.15, 0.2) is 0 Å². The van der Waals surface area contributed by atoms with Gasteiger partial charge in [-0.05, 0) is 31.0 Å². The Morgan fingerprint density at radius 2 is 2.47 bits per heavy atom. The van der Waals surface area contributed by atoms with E-state index < -0.39 is 0 Å². The summed E-state index contributed by atoms with van der Waals surface area (Å²) in [6, 6.07) is 3.63. The molecule has 1 aliphatic carbocycles. The van der Waals surface area contributed by atoms with Crippen LogP contribution >= 0.6 is 0 Å². The fraction of sp³-hybridized carbons (Fsp3) is 0.455. The van der Waals surface area contributed by atoms with Gasteiger partial charge in [-0.3, -0.25) is 4.98 Å². The van der Waals surface area contributed by atoms with Crippen molar-refractivity contribution in [2.24, 2.45) is 11.7 Å². The van der Waals surface area contributed by atoms with Crippen LogP contribution in [0.25, 0.3) is 0 Å². The Morgan fingerprint density at radius 1 is 1.67 bits per heavy atom. The summed E-state index contributed by atoms with van der Waals surface area (Å²) in [7, 11) is 1.36. The maximum Gasteiger partial charge on any atom is 0.339 e. The van der Waals surface area contributed by atoms with Gasteiger partial charge in [0, 0.05) is 17.8 Å². The molecule has 1 saturated carbocycles. The van der Waals surface area contributed by atoms with Crippen LogP contribution in [0, 0.1) is 5.92 Å². The molecule has 4 nitrogen and oxygen atoms in total. The molecule has 0 spiro atoms. The molecule has 4 heteroatoms. The van der Waals surface area contributed by atoms with Gasteiger partial charge in [-0.1, -0.05) is 0 Å². The molecule has 2 rings (SSSR count). The summed E-state index contributed by atoms with van der Waals surface area (Å²) < 4.78 is 4.60. The lowest BCUT2D eigenvalue weighted by Crippen LogP contribution is -2.04. The second-order valence-corrected chi connectivity index (χ2v) is 3.80. The molecule has 1 heterocycles. The van der Waals surface area contributed by atoms with Crippen LogP contribution in [-0.4, -0.2) is 24.6 Å². The Morgan fingerprint density at radius 3 is 2.93 bits per heavy atom. The third kappa shape index (κ3) is 1.99. The Hall–Kier alpha value is -1.42. The molecule has 0 radical (unpaired) electrons. The second-order valence-electron chi connectivity index (χ2n) is 3.80. The molecule has 0 aromatic carbocycles. The van der Waals surface area contributed by atoms with E-state index in [0.717, 1.165) is 12.1 Å². The number of hydrogen-bond donors (Lipinski definition) is 1. The number of methoxy groups -OCH3 is 1. The first kappa shape index (κ1) is 10.1. The van der Waals surface area contributed by atoms with E-state index in [1.807, 2.05) is 6.07 Å². The Balaban J connectivity index is 2.08. The van der Waals surface area contributed by atoms with Gasteiger partial charge in [-0.25, -0.2) is 4.79 Å². The molecule has 1 fully saturated rings. The number of esters is 1. The number of pyridine rings is 1.